The molecule has 112 valence electrons. The lowest BCUT2D eigenvalue weighted by Gasteiger charge is -2.15. The summed E-state index contributed by atoms with van der Waals surface area (Å²) in [6.07, 6.45) is -4.48. The average Bonchev–Trinajstić information content (AvgIpc) is 2.40. The first-order valence-electron chi connectivity index (χ1n) is 6.03. The van der Waals surface area contributed by atoms with Gasteiger partial charge in [-0.05, 0) is 30.2 Å². The third kappa shape index (κ3) is 3.81. The second-order valence-electron chi connectivity index (χ2n) is 4.50. The van der Waals surface area contributed by atoms with Crippen molar-refractivity contribution in [2.24, 2.45) is 0 Å². The van der Waals surface area contributed by atoms with Crippen molar-refractivity contribution in [3.8, 4) is 0 Å². The van der Waals surface area contributed by atoms with Crippen LogP contribution in [0.15, 0.2) is 42.5 Å². The molecule has 0 spiro atoms. The highest BCUT2D eigenvalue weighted by Crippen LogP contribution is 2.36. The summed E-state index contributed by atoms with van der Waals surface area (Å²) in [4.78, 5) is -0.634. The van der Waals surface area contributed by atoms with Gasteiger partial charge in [0.25, 0.3) is 0 Å². The molecular formula is C15H10BrF5. The number of alkyl halides is 4. The van der Waals surface area contributed by atoms with Gasteiger partial charge in [0.15, 0.2) is 0 Å². The van der Waals surface area contributed by atoms with Crippen LogP contribution >= 0.6 is 15.9 Å². The van der Waals surface area contributed by atoms with E-state index in [1.54, 1.807) is 0 Å². The maximum atomic E-state index is 14.0. The molecule has 6 heteroatoms. The molecule has 0 saturated heterocycles. The Balaban J connectivity index is 2.27. The molecule has 0 radical (unpaired) electrons. The molecule has 0 nitrogen and oxygen atoms in total. The quantitative estimate of drug-likeness (QED) is 0.486. The van der Waals surface area contributed by atoms with Gasteiger partial charge in [-0.15, -0.1) is 0 Å². The van der Waals surface area contributed by atoms with Crippen LogP contribution in [-0.4, -0.2) is 0 Å². The molecule has 0 fully saturated rings. The minimum Gasteiger partial charge on any atom is -0.207 e. The third-order valence-corrected chi connectivity index (χ3v) is 3.82. The minimum absolute atomic E-state index is 0.0749. The van der Waals surface area contributed by atoms with Crippen LogP contribution in [0.4, 0.5) is 22.0 Å². The van der Waals surface area contributed by atoms with Crippen molar-refractivity contribution >= 4 is 15.9 Å². The lowest BCUT2D eigenvalue weighted by atomic mass is 10.0. The van der Waals surface area contributed by atoms with Gasteiger partial charge in [0.1, 0.15) is 11.6 Å². The number of hydrogen-bond acceptors (Lipinski definition) is 0. The largest absolute Gasteiger partial charge is 0.419 e. The van der Waals surface area contributed by atoms with Crippen LogP contribution in [-0.2, 0) is 12.6 Å². The normalized spacial score (nSPS) is 13.2. The van der Waals surface area contributed by atoms with Crippen molar-refractivity contribution in [3.05, 3.63) is 70.8 Å². The molecule has 0 amide bonds. The molecule has 0 aliphatic rings. The van der Waals surface area contributed by atoms with E-state index in [-0.39, 0.29) is 12.0 Å². The van der Waals surface area contributed by atoms with Crippen molar-refractivity contribution in [1.29, 1.82) is 0 Å². The van der Waals surface area contributed by atoms with Crippen molar-refractivity contribution in [1.82, 2.24) is 0 Å². The zero-order chi connectivity index (χ0) is 15.6. The van der Waals surface area contributed by atoms with Gasteiger partial charge in [-0.2, -0.15) is 13.2 Å². The first-order valence-corrected chi connectivity index (χ1v) is 6.94. The molecule has 2 rings (SSSR count). The van der Waals surface area contributed by atoms with Crippen molar-refractivity contribution < 1.29 is 22.0 Å². The minimum atomic E-state index is -4.73. The monoisotopic (exact) mass is 364 g/mol. The Bertz CT molecular complexity index is 619. The maximum Gasteiger partial charge on any atom is 0.419 e. The van der Waals surface area contributed by atoms with Gasteiger partial charge in [0.2, 0.25) is 0 Å². The molecule has 1 unspecified atom stereocenters. The highest BCUT2D eigenvalue weighted by molar-refractivity contribution is 9.09. The van der Waals surface area contributed by atoms with Gasteiger partial charge < -0.3 is 0 Å². The van der Waals surface area contributed by atoms with Crippen LogP contribution in [0, 0.1) is 11.6 Å². The fourth-order valence-electron chi connectivity index (χ4n) is 1.95. The van der Waals surface area contributed by atoms with Gasteiger partial charge in [-0.25, -0.2) is 8.78 Å². The van der Waals surface area contributed by atoms with Gasteiger partial charge in [-0.1, -0.05) is 40.2 Å². The highest BCUT2D eigenvalue weighted by atomic mass is 79.9. The van der Waals surface area contributed by atoms with Gasteiger partial charge in [-0.3, -0.25) is 0 Å². The highest BCUT2D eigenvalue weighted by Gasteiger charge is 2.35. The van der Waals surface area contributed by atoms with E-state index in [1.165, 1.54) is 36.4 Å². The summed E-state index contributed by atoms with van der Waals surface area (Å²) in [5, 5.41) is 0. The Morgan fingerprint density at radius 1 is 0.952 bits per heavy atom. The maximum absolute atomic E-state index is 14.0. The van der Waals surface area contributed by atoms with E-state index < -0.39 is 28.2 Å². The summed E-state index contributed by atoms with van der Waals surface area (Å²) in [5.41, 5.74) is -0.673. The van der Waals surface area contributed by atoms with E-state index in [0.29, 0.717) is 11.6 Å². The van der Waals surface area contributed by atoms with Crippen LogP contribution in [0.5, 0.6) is 0 Å². The number of benzene rings is 2. The first kappa shape index (κ1) is 15.9. The standard InChI is InChI=1S/C15H10BrF5/c16-13(8-9-4-6-10(17)7-5-9)11-2-1-3-12(14(11)18)15(19,20)21/h1-7,13H,8H2. The van der Waals surface area contributed by atoms with E-state index in [2.05, 4.69) is 15.9 Å². The molecule has 21 heavy (non-hydrogen) atoms. The summed E-state index contributed by atoms with van der Waals surface area (Å²) in [5.74, 6) is -1.69. The number of hydrogen-bond donors (Lipinski definition) is 0. The Labute approximate surface area is 126 Å². The molecule has 2 aromatic carbocycles. The number of rotatable bonds is 3. The Morgan fingerprint density at radius 3 is 2.14 bits per heavy atom. The topological polar surface area (TPSA) is 0 Å². The molecule has 0 aliphatic carbocycles. The summed E-state index contributed by atoms with van der Waals surface area (Å²) < 4.78 is 64.8. The Hall–Kier alpha value is -1.43. The van der Waals surface area contributed by atoms with Crippen LogP contribution in [0.25, 0.3) is 0 Å². The summed E-state index contributed by atoms with van der Waals surface area (Å²) in [6, 6.07) is 8.68. The van der Waals surface area contributed by atoms with E-state index in [0.717, 1.165) is 0 Å². The SMILES string of the molecule is Fc1ccc(CC(Br)c2cccc(C(F)(F)F)c2F)cc1. The third-order valence-electron chi connectivity index (χ3n) is 3.00. The molecule has 0 bridgehead atoms. The lowest BCUT2D eigenvalue weighted by Crippen LogP contribution is -2.11. The average molecular weight is 365 g/mol. The molecule has 0 aliphatic heterocycles. The Morgan fingerprint density at radius 2 is 1.57 bits per heavy atom. The molecule has 0 N–H and O–H groups in total. The second-order valence-corrected chi connectivity index (χ2v) is 5.61. The fraction of sp³-hybridized carbons (Fsp3) is 0.200. The van der Waals surface area contributed by atoms with Gasteiger partial charge in [0, 0.05) is 10.4 Å². The predicted octanol–water partition coefficient (Wildman–Crippen LogP) is 5.66. The summed E-state index contributed by atoms with van der Waals surface area (Å²) in [6.45, 7) is 0. The van der Waals surface area contributed by atoms with Crippen LogP contribution in [0.2, 0.25) is 0 Å². The molecule has 1 atom stereocenters. The van der Waals surface area contributed by atoms with E-state index in [4.69, 9.17) is 0 Å². The van der Waals surface area contributed by atoms with Gasteiger partial charge >= 0.3 is 6.18 Å². The molecular weight excluding hydrogens is 355 g/mol. The Kier molecular flexibility index (Phi) is 4.66. The van der Waals surface area contributed by atoms with Crippen LogP contribution in [0.3, 0.4) is 0 Å². The molecule has 0 saturated carbocycles. The van der Waals surface area contributed by atoms with Crippen LogP contribution < -0.4 is 0 Å². The summed E-state index contributed by atoms with van der Waals surface area (Å²) >= 11 is 3.19. The van der Waals surface area contributed by atoms with Crippen molar-refractivity contribution in [2.45, 2.75) is 17.4 Å². The summed E-state index contributed by atoms with van der Waals surface area (Å²) in [7, 11) is 0. The van der Waals surface area contributed by atoms with E-state index in [9.17, 15) is 22.0 Å². The lowest BCUT2D eigenvalue weighted by molar-refractivity contribution is -0.140. The second kappa shape index (κ2) is 6.13. The van der Waals surface area contributed by atoms with E-state index >= 15 is 0 Å². The smallest absolute Gasteiger partial charge is 0.207 e. The zero-order valence-corrected chi connectivity index (χ0v) is 12.2. The van der Waals surface area contributed by atoms with Crippen molar-refractivity contribution in [3.63, 3.8) is 0 Å². The first-order chi connectivity index (χ1) is 9.79. The molecule has 0 heterocycles. The predicted molar refractivity (Wildman–Crippen MR) is 73.2 cm³/mol. The zero-order valence-electron chi connectivity index (χ0n) is 10.6. The van der Waals surface area contributed by atoms with E-state index in [1.807, 2.05) is 0 Å². The van der Waals surface area contributed by atoms with Crippen molar-refractivity contribution in [2.75, 3.05) is 0 Å². The fourth-order valence-corrected chi connectivity index (χ4v) is 2.68. The number of halogens is 6. The molecule has 2 aromatic rings. The molecule has 0 aromatic heterocycles. The van der Waals surface area contributed by atoms with Gasteiger partial charge in [0.05, 0.1) is 5.56 Å². The van der Waals surface area contributed by atoms with Crippen LogP contribution in [0.1, 0.15) is 21.5 Å².